The van der Waals surface area contributed by atoms with Gasteiger partial charge in [-0.15, -0.1) is 0 Å². The predicted molar refractivity (Wildman–Crippen MR) is 118 cm³/mol. The van der Waals surface area contributed by atoms with Crippen molar-refractivity contribution in [1.29, 1.82) is 0 Å². The number of benzene rings is 2. The van der Waals surface area contributed by atoms with Gasteiger partial charge in [-0.1, -0.05) is 45.0 Å². The topological polar surface area (TPSA) is 87.6 Å². The summed E-state index contributed by atoms with van der Waals surface area (Å²) in [6.45, 7) is 6.82. The first-order valence-corrected chi connectivity index (χ1v) is 11.7. The van der Waals surface area contributed by atoms with Gasteiger partial charge in [-0.25, -0.2) is 13.8 Å². The normalized spacial score (nSPS) is 26.0. The third kappa shape index (κ3) is 3.41. The Morgan fingerprint density at radius 3 is 2.43 bits per heavy atom. The molecule has 158 valence electrons. The van der Waals surface area contributed by atoms with Crippen molar-refractivity contribution in [2.45, 2.75) is 44.9 Å². The van der Waals surface area contributed by atoms with E-state index in [0.717, 1.165) is 18.6 Å². The third-order valence-electron chi connectivity index (χ3n) is 7.24. The first kappa shape index (κ1) is 20.6. The Hall–Kier alpha value is -2.67. The van der Waals surface area contributed by atoms with E-state index in [-0.39, 0.29) is 21.6 Å². The molecule has 1 amide bonds. The quantitative estimate of drug-likeness (QED) is 0.695. The zero-order chi connectivity index (χ0) is 21.6. The Balaban J connectivity index is 1.49. The van der Waals surface area contributed by atoms with Gasteiger partial charge in [0.15, 0.2) is 0 Å². The van der Waals surface area contributed by atoms with Gasteiger partial charge < -0.3 is 0 Å². The maximum Gasteiger partial charge on any atom is 0.271 e. The number of nitrogens with zero attached hydrogens (tertiary/aromatic N) is 1. The molecule has 7 heteroatoms. The maximum atomic E-state index is 12.7. The van der Waals surface area contributed by atoms with Crippen LogP contribution in [0.15, 0.2) is 64.6 Å². The molecule has 2 N–H and O–H groups in total. The zero-order valence-corrected chi connectivity index (χ0v) is 18.3. The summed E-state index contributed by atoms with van der Waals surface area (Å²) in [5.41, 5.74) is 4.61. The molecule has 6 nitrogen and oxygen atoms in total. The van der Waals surface area contributed by atoms with Crippen LogP contribution in [-0.4, -0.2) is 20.0 Å². The molecule has 2 atom stereocenters. The second-order valence-electron chi connectivity index (χ2n) is 8.99. The highest BCUT2D eigenvalue weighted by atomic mass is 32.2. The number of nitrogens with one attached hydrogen (secondary N) is 2. The number of carbonyl (C=O) groups excluding carboxylic acids is 1. The van der Waals surface area contributed by atoms with Gasteiger partial charge in [-0.05, 0) is 60.9 Å². The van der Waals surface area contributed by atoms with Crippen molar-refractivity contribution in [3.63, 3.8) is 0 Å². The Labute approximate surface area is 177 Å². The minimum Gasteiger partial charge on any atom is -0.280 e. The van der Waals surface area contributed by atoms with Crippen molar-refractivity contribution in [2.24, 2.45) is 21.8 Å². The van der Waals surface area contributed by atoms with Gasteiger partial charge in [0.1, 0.15) is 0 Å². The molecule has 0 spiro atoms. The van der Waals surface area contributed by atoms with Crippen LogP contribution >= 0.6 is 0 Å². The van der Waals surface area contributed by atoms with Crippen LogP contribution in [-0.2, 0) is 10.0 Å². The molecular weight excluding hydrogens is 398 g/mol. The number of carbonyl (C=O) groups is 1. The van der Waals surface area contributed by atoms with E-state index < -0.39 is 10.0 Å². The molecule has 4 rings (SSSR count). The summed E-state index contributed by atoms with van der Waals surface area (Å²) in [7, 11) is -3.72. The minimum absolute atomic E-state index is 0.0120. The predicted octanol–water partition coefficient (Wildman–Crippen LogP) is 4.42. The molecule has 2 aliphatic rings. The number of hydrazone groups is 1. The fraction of sp³-hybridized carbons (Fsp3) is 0.391. The van der Waals surface area contributed by atoms with Gasteiger partial charge in [0.25, 0.3) is 15.9 Å². The number of anilines is 1. The Morgan fingerprint density at radius 2 is 1.80 bits per heavy atom. The number of hydrogen-bond acceptors (Lipinski definition) is 4. The highest BCUT2D eigenvalue weighted by Crippen LogP contribution is 2.63. The third-order valence-corrected chi connectivity index (χ3v) is 8.63. The van der Waals surface area contributed by atoms with E-state index in [1.807, 2.05) is 0 Å². The van der Waals surface area contributed by atoms with E-state index in [1.54, 1.807) is 36.4 Å². The SMILES string of the molecule is CC1(C)[C@@H]2CC[C@@]1(C)/C(=N/NC(=O)c1cccc(NS(=O)(=O)c3ccccc3)c1)C2. The highest BCUT2D eigenvalue weighted by Gasteiger charge is 2.60. The Morgan fingerprint density at radius 1 is 1.07 bits per heavy atom. The average Bonchev–Trinajstić information content (AvgIpc) is 3.06. The lowest BCUT2D eigenvalue weighted by molar-refractivity contribution is 0.0954. The lowest BCUT2D eigenvalue weighted by atomic mass is 9.70. The summed E-state index contributed by atoms with van der Waals surface area (Å²) in [6, 6.07) is 14.5. The van der Waals surface area contributed by atoms with E-state index in [4.69, 9.17) is 0 Å². The van der Waals surface area contributed by atoms with Crippen LogP contribution in [0, 0.1) is 16.7 Å². The summed E-state index contributed by atoms with van der Waals surface area (Å²) in [4.78, 5) is 12.8. The van der Waals surface area contributed by atoms with Crippen LogP contribution < -0.4 is 10.1 Å². The second kappa shape index (κ2) is 7.23. The maximum absolute atomic E-state index is 12.7. The van der Waals surface area contributed by atoms with Crippen LogP contribution in [0.2, 0.25) is 0 Å². The standard InChI is InChI=1S/C23H27N3O3S/c1-22(2)17-12-13-23(22,3)20(15-17)24-25-21(27)16-8-7-9-18(14-16)26-30(28,29)19-10-5-4-6-11-19/h4-11,14,17,26H,12-13,15H2,1-3H3,(H,25,27)/b24-20+/t17-,23+/m1/s1. The van der Waals surface area contributed by atoms with Crippen LogP contribution in [0.3, 0.4) is 0 Å². The summed E-state index contributed by atoms with van der Waals surface area (Å²) < 4.78 is 27.6. The lowest BCUT2D eigenvalue weighted by Gasteiger charge is -2.34. The van der Waals surface area contributed by atoms with Crippen molar-refractivity contribution in [2.75, 3.05) is 4.72 Å². The van der Waals surface area contributed by atoms with Crippen LogP contribution in [0.25, 0.3) is 0 Å². The van der Waals surface area contributed by atoms with E-state index in [0.29, 0.717) is 17.2 Å². The molecule has 2 aliphatic carbocycles. The molecule has 0 aliphatic heterocycles. The van der Waals surface area contributed by atoms with Gasteiger partial charge >= 0.3 is 0 Å². The van der Waals surface area contributed by atoms with Crippen LogP contribution in [0.1, 0.15) is 50.4 Å². The number of hydrogen-bond donors (Lipinski definition) is 2. The summed E-state index contributed by atoms with van der Waals surface area (Å²) >= 11 is 0. The Kier molecular flexibility index (Phi) is 4.97. The molecule has 0 unspecified atom stereocenters. The molecule has 0 heterocycles. The van der Waals surface area contributed by atoms with Crippen molar-refractivity contribution >= 4 is 27.3 Å². The molecule has 2 saturated carbocycles. The van der Waals surface area contributed by atoms with Crippen LogP contribution in [0.4, 0.5) is 5.69 Å². The fourth-order valence-corrected chi connectivity index (χ4v) is 5.89. The van der Waals surface area contributed by atoms with Crippen molar-refractivity contribution < 1.29 is 13.2 Å². The Bertz CT molecular complexity index is 1110. The minimum atomic E-state index is -3.72. The molecule has 0 radical (unpaired) electrons. The number of rotatable bonds is 5. The molecule has 30 heavy (non-hydrogen) atoms. The van der Waals surface area contributed by atoms with Gasteiger partial charge in [0.2, 0.25) is 0 Å². The molecular formula is C23H27N3O3S. The van der Waals surface area contributed by atoms with E-state index in [9.17, 15) is 13.2 Å². The molecule has 0 saturated heterocycles. The first-order valence-electron chi connectivity index (χ1n) is 10.2. The summed E-state index contributed by atoms with van der Waals surface area (Å²) in [6.07, 6.45) is 3.22. The second-order valence-corrected chi connectivity index (χ2v) is 10.7. The molecule has 2 aromatic rings. The number of fused-ring (bicyclic) bond motifs is 2. The molecule has 2 bridgehead atoms. The smallest absolute Gasteiger partial charge is 0.271 e. The van der Waals surface area contributed by atoms with Gasteiger partial charge in [-0.2, -0.15) is 5.10 Å². The van der Waals surface area contributed by atoms with Crippen LogP contribution in [0.5, 0.6) is 0 Å². The monoisotopic (exact) mass is 425 g/mol. The van der Waals surface area contributed by atoms with Crippen molar-refractivity contribution in [1.82, 2.24) is 5.43 Å². The zero-order valence-electron chi connectivity index (χ0n) is 17.5. The molecule has 2 aromatic carbocycles. The van der Waals surface area contributed by atoms with E-state index >= 15 is 0 Å². The first-order chi connectivity index (χ1) is 14.1. The number of amides is 1. The van der Waals surface area contributed by atoms with Gasteiger partial charge in [0, 0.05) is 22.4 Å². The average molecular weight is 426 g/mol. The largest absolute Gasteiger partial charge is 0.280 e. The van der Waals surface area contributed by atoms with Gasteiger partial charge in [-0.3, -0.25) is 9.52 Å². The fourth-order valence-electron chi connectivity index (χ4n) is 4.82. The highest BCUT2D eigenvalue weighted by molar-refractivity contribution is 7.92. The summed E-state index contributed by atoms with van der Waals surface area (Å²) in [5, 5.41) is 4.48. The molecule has 2 fully saturated rings. The van der Waals surface area contributed by atoms with Crippen molar-refractivity contribution in [3.8, 4) is 0 Å². The van der Waals surface area contributed by atoms with Gasteiger partial charge in [0.05, 0.1) is 4.90 Å². The van der Waals surface area contributed by atoms with Crippen molar-refractivity contribution in [3.05, 3.63) is 60.2 Å². The molecule has 0 aromatic heterocycles. The van der Waals surface area contributed by atoms with E-state index in [1.165, 1.54) is 24.6 Å². The van der Waals surface area contributed by atoms with E-state index in [2.05, 4.69) is 36.0 Å². The lowest BCUT2D eigenvalue weighted by Crippen LogP contribution is -2.34. The number of sulfonamides is 1. The summed E-state index contributed by atoms with van der Waals surface area (Å²) in [5.74, 6) is 0.251.